The highest BCUT2D eigenvalue weighted by Gasteiger charge is 2.17. The number of fused-ring (bicyclic) bond motifs is 1. The van der Waals surface area contributed by atoms with E-state index < -0.39 is 0 Å². The molecule has 0 radical (unpaired) electrons. The molecule has 0 aliphatic carbocycles. The number of hydrogen-bond acceptors (Lipinski definition) is 4. The van der Waals surface area contributed by atoms with Gasteiger partial charge >= 0.3 is 0 Å². The van der Waals surface area contributed by atoms with Gasteiger partial charge in [0.2, 0.25) is 5.91 Å². The Bertz CT molecular complexity index is 1350. The van der Waals surface area contributed by atoms with Gasteiger partial charge in [0.05, 0.1) is 22.3 Å². The van der Waals surface area contributed by atoms with Crippen LogP contribution in [0.25, 0.3) is 16.6 Å². The Kier molecular flexibility index (Phi) is 6.89. The minimum absolute atomic E-state index is 0.124. The van der Waals surface area contributed by atoms with Crippen LogP contribution in [0.4, 0.5) is 4.39 Å². The van der Waals surface area contributed by atoms with Gasteiger partial charge in [-0.25, -0.2) is 9.37 Å². The fourth-order valence-corrected chi connectivity index (χ4v) is 4.57. The monoisotopic (exact) mass is 461 g/mol. The summed E-state index contributed by atoms with van der Waals surface area (Å²) >= 11 is 1.23. The molecule has 1 N–H and O–H groups in total. The normalized spacial score (nSPS) is 11.0. The van der Waals surface area contributed by atoms with Crippen LogP contribution in [0, 0.1) is 19.7 Å². The average Bonchev–Trinajstić information content (AvgIpc) is 2.80. The van der Waals surface area contributed by atoms with E-state index in [0.29, 0.717) is 29.0 Å². The molecule has 0 fully saturated rings. The number of benzene rings is 3. The van der Waals surface area contributed by atoms with Gasteiger partial charge in [0, 0.05) is 6.54 Å². The molecule has 7 heteroatoms. The second-order valence-electron chi connectivity index (χ2n) is 7.81. The molecule has 168 valence electrons. The molecule has 4 rings (SSSR count). The van der Waals surface area contributed by atoms with Gasteiger partial charge in [0.15, 0.2) is 5.16 Å². The standard InChI is InChI=1S/C26H24FN3O2S/c1-17-6-5-7-18(2)24(17)30-25(32)21-8-3-4-9-22(21)29-26(30)33-16-23(31)28-15-14-19-10-12-20(27)13-11-19/h3-13H,14-16H2,1-2H3,(H,28,31). The van der Waals surface area contributed by atoms with Gasteiger partial charge in [0.25, 0.3) is 5.56 Å². The summed E-state index contributed by atoms with van der Waals surface area (Å²) in [5.74, 6) is -0.311. The fourth-order valence-electron chi connectivity index (χ4n) is 3.74. The quantitative estimate of drug-likeness (QED) is 0.323. The number of aryl methyl sites for hydroxylation is 2. The van der Waals surface area contributed by atoms with Crippen LogP contribution in [0.3, 0.4) is 0 Å². The van der Waals surface area contributed by atoms with Crippen molar-refractivity contribution in [1.82, 2.24) is 14.9 Å². The summed E-state index contributed by atoms with van der Waals surface area (Å²) in [6, 6.07) is 19.3. The Balaban J connectivity index is 1.56. The van der Waals surface area contributed by atoms with Crippen molar-refractivity contribution in [2.24, 2.45) is 0 Å². The van der Waals surface area contributed by atoms with Crippen LogP contribution in [-0.4, -0.2) is 27.8 Å². The van der Waals surface area contributed by atoms with Gasteiger partial charge < -0.3 is 5.32 Å². The summed E-state index contributed by atoms with van der Waals surface area (Å²) in [5, 5.41) is 3.89. The number of amides is 1. The van der Waals surface area contributed by atoms with Crippen molar-refractivity contribution in [2.75, 3.05) is 12.3 Å². The van der Waals surface area contributed by atoms with E-state index in [2.05, 4.69) is 5.32 Å². The molecule has 0 saturated carbocycles. The molecule has 1 heterocycles. The Labute approximate surface area is 195 Å². The minimum Gasteiger partial charge on any atom is -0.355 e. The Morgan fingerprint density at radius 3 is 2.42 bits per heavy atom. The summed E-state index contributed by atoms with van der Waals surface area (Å²) in [7, 11) is 0. The second-order valence-corrected chi connectivity index (χ2v) is 8.75. The number of para-hydroxylation sites is 2. The molecule has 0 aliphatic heterocycles. The highest BCUT2D eigenvalue weighted by atomic mass is 32.2. The lowest BCUT2D eigenvalue weighted by Gasteiger charge is -2.17. The molecule has 5 nitrogen and oxygen atoms in total. The van der Waals surface area contributed by atoms with Crippen molar-refractivity contribution in [3.8, 4) is 5.69 Å². The van der Waals surface area contributed by atoms with Crippen molar-refractivity contribution < 1.29 is 9.18 Å². The van der Waals surface area contributed by atoms with Crippen molar-refractivity contribution in [1.29, 1.82) is 0 Å². The lowest BCUT2D eigenvalue weighted by molar-refractivity contribution is -0.118. The molecule has 0 bridgehead atoms. The zero-order chi connectivity index (χ0) is 23.4. The van der Waals surface area contributed by atoms with E-state index in [1.807, 2.05) is 44.2 Å². The third kappa shape index (κ3) is 5.14. The smallest absolute Gasteiger partial charge is 0.266 e. The van der Waals surface area contributed by atoms with E-state index in [9.17, 15) is 14.0 Å². The van der Waals surface area contributed by atoms with Gasteiger partial charge in [-0.3, -0.25) is 14.2 Å². The number of carbonyl (C=O) groups excluding carboxylic acids is 1. The molecule has 33 heavy (non-hydrogen) atoms. The topological polar surface area (TPSA) is 64.0 Å². The lowest BCUT2D eigenvalue weighted by Crippen LogP contribution is -2.28. The first-order valence-corrected chi connectivity index (χ1v) is 11.6. The lowest BCUT2D eigenvalue weighted by atomic mass is 10.1. The average molecular weight is 462 g/mol. The fraction of sp³-hybridized carbons (Fsp3) is 0.192. The van der Waals surface area contributed by atoms with Crippen LogP contribution >= 0.6 is 11.8 Å². The predicted molar refractivity (Wildman–Crippen MR) is 131 cm³/mol. The Morgan fingerprint density at radius 1 is 1.00 bits per heavy atom. The molecular formula is C26H24FN3O2S. The van der Waals surface area contributed by atoms with Gasteiger partial charge in [-0.2, -0.15) is 0 Å². The zero-order valence-electron chi connectivity index (χ0n) is 18.5. The summed E-state index contributed by atoms with van der Waals surface area (Å²) < 4.78 is 14.6. The second kappa shape index (κ2) is 10.0. The molecule has 0 aliphatic rings. The number of nitrogens with zero attached hydrogens (tertiary/aromatic N) is 2. The summed E-state index contributed by atoms with van der Waals surface area (Å²) in [5.41, 5.74) is 4.10. The van der Waals surface area contributed by atoms with Crippen molar-refractivity contribution in [2.45, 2.75) is 25.4 Å². The van der Waals surface area contributed by atoms with E-state index >= 15 is 0 Å². The SMILES string of the molecule is Cc1cccc(C)c1-n1c(SCC(=O)NCCc2ccc(F)cc2)nc2ccccc2c1=O. The van der Waals surface area contributed by atoms with Crippen molar-refractivity contribution in [3.63, 3.8) is 0 Å². The van der Waals surface area contributed by atoms with Crippen LogP contribution in [0.5, 0.6) is 0 Å². The number of hydrogen-bond donors (Lipinski definition) is 1. The largest absolute Gasteiger partial charge is 0.355 e. The Hall–Kier alpha value is -3.45. The van der Waals surface area contributed by atoms with Crippen molar-refractivity contribution >= 4 is 28.6 Å². The van der Waals surface area contributed by atoms with E-state index in [0.717, 1.165) is 22.4 Å². The first kappa shape index (κ1) is 22.7. The molecule has 0 atom stereocenters. The highest BCUT2D eigenvalue weighted by molar-refractivity contribution is 7.99. The summed E-state index contributed by atoms with van der Waals surface area (Å²) in [6.07, 6.45) is 0.609. The first-order valence-electron chi connectivity index (χ1n) is 10.7. The van der Waals surface area contributed by atoms with Gasteiger partial charge in [-0.15, -0.1) is 0 Å². The molecule has 4 aromatic rings. The maximum absolute atomic E-state index is 13.4. The number of thioether (sulfide) groups is 1. The maximum atomic E-state index is 13.4. The molecule has 0 unspecified atom stereocenters. The van der Waals surface area contributed by atoms with E-state index in [1.54, 1.807) is 28.8 Å². The molecule has 3 aromatic carbocycles. The minimum atomic E-state index is -0.281. The summed E-state index contributed by atoms with van der Waals surface area (Å²) in [6.45, 7) is 4.36. The molecule has 1 aromatic heterocycles. The number of rotatable bonds is 7. The molecule has 1 amide bonds. The number of halogens is 1. The number of nitrogens with one attached hydrogen (secondary N) is 1. The van der Waals surface area contributed by atoms with Gasteiger partial charge in [-0.1, -0.05) is 54.2 Å². The van der Waals surface area contributed by atoms with Gasteiger partial charge in [-0.05, 0) is 61.2 Å². The van der Waals surface area contributed by atoms with Crippen LogP contribution < -0.4 is 10.9 Å². The van der Waals surface area contributed by atoms with E-state index in [1.165, 1.54) is 23.9 Å². The number of carbonyl (C=O) groups is 1. The molecule has 0 saturated heterocycles. The number of aromatic nitrogens is 2. The van der Waals surface area contributed by atoms with Gasteiger partial charge in [0.1, 0.15) is 5.82 Å². The summed E-state index contributed by atoms with van der Waals surface area (Å²) in [4.78, 5) is 30.6. The third-order valence-electron chi connectivity index (χ3n) is 5.39. The van der Waals surface area contributed by atoms with Crippen LogP contribution in [0.15, 0.2) is 76.7 Å². The predicted octanol–water partition coefficient (Wildman–Crippen LogP) is 4.59. The zero-order valence-corrected chi connectivity index (χ0v) is 19.3. The molecule has 0 spiro atoms. The van der Waals surface area contributed by atoms with Crippen molar-refractivity contribution in [3.05, 3.63) is 99.6 Å². The molecular weight excluding hydrogens is 437 g/mol. The third-order valence-corrected chi connectivity index (χ3v) is 6.33. The maximum Gasteiger partial charge on any atom is 0.266 e. The van der Waals surface area contributed by atoms with Crippen LogP contribution in [0.2, 0.25) is 0 Å². The first-order chi connectivity index (χ1) is 15.9. The van der Waals surface area contributed by atoms with Crippen LogP contribution in [-0.2, 0) is 11.2 Å². The van der Waals surface area contributed by atoms with E-state index in [4.69, 9.17) is 4.98 Å². The van der Waals surface area contributed by atoms with Crippen LogP contribution in [0.1, 0.15) is 16.7 Å². The Morgan fingerprint density at radius 2 is 1.70 bits per heavy atom. The highest BCUT2D eigenvalue weighted by Crippen LogP contribution is 2.25. The van der Waals surface area contributed by atoms with E-state index in [-0.39, 0.29) is 23.0 Å².